The highest BCUT2D eigenvalue weighted by molar-refractivity contribution is 6.99. The monoisotopic (exact) mass is 568 g/mol. The standard InChI is InChI=1S/C32H44O7Si/c1-30(2,3)40(24-13-8-6-9-14-24,25-15-10-7-11-16-25)36-22-12-17-27-32(23-35-29(33)39-32)21-18-26(37-27)31(4)20-19-28(34-5)38-31/h6-11,13-16,26-28H,12,17-23H2,1-5H3/t26-,27-,28?,31+,32-/m1/s1. The first-order valence-electron chi connectivity index (χ1n) is 14.6. The third kappa shape index (κ3) is 5.49. The highest BCUT2D eigenvalue weighted by Crippen LogP contribution is 2.45. The zero-order valence-corrected chi connectivity index (χ0v) is 25.5. The lowest BCUT2D eigenvalue weighted by Gasteiger charge is -2.46. The summed E-state index contributed by atoms with van der Waals surface area (Å²) >= 11 is 0. The van der Waals surface area contributed by atoms with Crippen LogP contribution >= 0.6 is 0 Å². The summed E-state index contributed by atoms with van der Waals surface area (Å²) in [7, 11) is -0.953. The van der Waals surface area contributed by atoms with E-state index in [4.69, 9.17) is 28.1 Å². The number of hydrogen-bond donors (Lipinski definition) is 0. The van der Waals surface area contributed by atoms with Gasteiger partial charge in [-0.25, -0.2) is 4.79 Å². The van der Waals surface area contributed by atoms with E-state index in [0.29, 0.717) is 19.4 Å². The topological polar surface area (TPSA) is 72.5 Å². The van der Waals surface area contributed by atoms with Crippen molar-refractivity contribution in [3.8, 4) is 0 Å². The number of rotatable bonds is 9. The largest absolute Gasteiger partial charge is 0.509 e. The van der Waals surface area contributed by atoms with Crippen molar-refractivity contribution in [1.82, 2.24) is 0 Å². The van der Waals surface area contributed by atoms with E-state index in [1.54, 1.807) is 7.11 Å². The number of hydrogen-bond acceptors (Lipinski definition) is 7. The molecule has 5 rings (SSSR count). The van der Waals surface area contributed by atoms with Crippen LogP contribution in [0.5, 0.6) is 0 Å². The van der Waals surface area contributed by atoms with E-state index in [9.17, 15) is 4.79 Å². The maximum Gasteiger partial charge on any atom is 0.509 e. The van der Waals surface area contributed by atoms with E-state index < -0.39 is 25.7 Å². The SMILES string of the molecule is COC1CC[C@@](C)([C@H]2CC[C@@]3(COC(=O)O3)[C@@H](CCCO[Si](c3ccccc3)(c3ccccc3)C(C)(C)C)O2)O1. The lowest BCUT2D eigenvalue weighted by atomic mass is 9.80. The molecule has 2 aromatic rings. The molecule has 40 heavy (non-hydrogen) atoms. The van der Waals surface area contributed by atoms with Crippen LogP contribution in [0.1, 0.15) is 66.2 Å². The normalized spacial score (nSPS) is 30.8. The lowest BCUT2D eigenvalue weighted by molar-refractivity contribution is -0.240. The molecule has 218 valence electrons. The van der Waals surface area contributed by atoms with Crippen LogP contribution in [-0.4, -0.2) is 64.5 Å². The first-order valence-corrected chi connectivity index (χ1v) is 16.5. The van der Waals surface area contributed by atoms with Gasteiger partial charge in [0.1, 0.15) is 12.7 Å². The Labute approximate surface area is 239 Å². The summed E-state index contributed by atoms with van der Waals surface area (Å²) in [6, 6.07) is 21.3. The van der Waals surface area contributed by atoms with Crippen molar-refractivity contribution in [3.05, 3.63) is 60.7 Å². The van der Waals surface area contributed by atoms with Gasteiger partial charge in [-0.2, -0.15) is 0 Å². The van der Waals surface area contributed by atoms with Gasteiger partial charge in [-0.15, -0.1) is 0 Å². The highest BCUT2D eigenvalue weighted by Gasteiger charge is 2.57. The van der Waals surface area contributed by atoms with Crippen LogP contribution in [0.4, 0.5) is 4.79 Å². The molecule has 1 spiro atoms. The molecule has 3 aliphatic heterocycles. The molecule has 0 bridgehead atoms. The number of cyclic esters (lactones) is 1. The third-order valence-electron chi connectivity index (χ3n) is 9.03. The maximum atomic E-state index is 12.1. The summed E-state index contributed by atoms with van der Waals surface area (Å²) in [5, 5.41) is 2.43. The van der Waals surface area contributed by atoms with Gasteiger partial charge in [-0.3, -0.25) is 0 Å². The van der Waals surface area contributed by atoms with Crippen LogP contribution < -0.4 is 10.4 Å². The second-order valence-electron chi connectivity index (χ2n) is 12.6. The summed E-state index contributed by atoms with van der Waals surface area (Å²) in [5.74, 6) is 0. The van der Waals surface area contributed by atoms with Crippen LogP contribution in [0.25, 0.3) is 0 Å². The average molecular weight is 569 g/mol. The number of ether oxygens (including phenoxy) is 5. The minimum Gasteiger partial charge on any atom is -0.430 e. The third-order valence-corrected chi connectivity index (χ3v) is 14.1. The van der Waals surface area contributed by atoms with Crippen LogP contribution in [0.3, 0.4) is 0 Å². The van der Waals surface area contributed by atoms with Gasteiger partial charge < -0.3 is 28.1 Å². The molecule has 3 fully saturated rings. The van der Waals surface area contributed by atoms with Crippen molar-refractivity contribution in [2.24, 2.45) is 0 Å². The summed E-state index contributed by atoms with van der Waals surface area (Å²) < 4.78 is 36.7. The molecular weight excluding hydrogens is 524 g/mol. The molecule has 0 aliphatic carbocycles. The van der Waals surface area contributed by atoms with Gasteiger partial charge in [0.15, 0.2) is 11.9 Å². The first-order chi connectivity index (χ1) is 19.1. The zero-order valence-electron chi connectivity index (χ0n) is 24.5. The molecule has 8 heteroatoms. The fraction of sp³-hybridized carbons (Fsp3) is 0.594. The van der Waals surface area contributed by atoms with Crippen molar-refractivity contribution in [2.75, 3.05) is 20.3 Å². The molecule has 1 unspecified atom stereocenters. The van der Waals surface area contributed by atoms with Crippen LogP contribution in [0.2, 0.25) is 5.04 Å². The van der Waals surface area contributed by atoms with Crippen molar-refractivity contribution < 1.29 is 32.9 Å². The van der Waals surface area contributed by atoms with E-state index in [0.717, 1.165) is 25.7 Å². The van der Waals surface area contributed by atoms with Crippen molar-refractivity contribution in [1.29, 1.82) is 0 Å². The van der Waals surface area contributed by atoms with Gasteiger partial charge in [-0.05, 0) is 54.4 Å². The molecule has 0 amide bonds. The number of carbonyl (C=O) groups is 1. The van der Waals surface area contributed by atoms with Crippen molar-refractivity contribution in [2.45, 2.75) is 101 Å². The predicted octanol–water partition coefficient (Wildman–Crippen LogP) is 5.34. The average Bonchev–Trinajstić information content (AvgIpc) is 3.53. The van der Waals surface area contributed by atoms with E-state index >= 15 is 0 Å². The second-order valence-corrected chi connectivity index (χ2v) is 17.0. The Kier molecular flexibility index (Phi) is 8.46. The minimum atomic E-state index is -2.63. The number of carbonyl (C=O) groups excluding carboxylic acids is 1. The molecule has 0 N–H and O–H groups in total. The Morgan fingerprint density at radius 1 is 0.975 bits per heavy atom. The van der Waals surface area contributed by atoms with Crippen LogP contribution in [0.15, 0.2) is 60.7 Å². The smallest absolute Gasteiger partial charge is 0.430 e. The zero-order chi connectivity index (χ0) is 28.4. The van der Waals surface area contributed by atoms with Gasteiger partial charge in [0, 0.05) is 20.1 Å². The molecule has 3 heterocycles. The highest BCUT2D eigenvalue weighted by atomic mass is 28.4. The summed E-state index contributed by atoms with van der Waals surface area (Å²) in [5.41, 5.74) is -1.20. The molecule has 0 aromatic heterocycles. The molecule has 3 aliphatic rings. The fourth-order valence-corrected chi connectivity index (χ4v) is 11.5. The lowest BCUT2D eigenvalue weighted by Crippen LogP contribution is -2.66. The van der Waals surface area contributed by atoms with Gasteiger partial charge >= 0.3 is 6.16 Å². The van der Waals surface area contributed by atoms with Crippen LogP contribution in [0, 0.1) is 0 Å². The predicted molar refractivity (Wildman–Crippen MR) is 155 cm³/mol. The van der Waals surface area contributed by atoms with Crippen molar-refractivity contribution >= 4 is 24.8 Å². The maximum absolute atomic E-state index is 12.1. The van der Waals surface area contributed by atoms with E-state index in [1.165, 1.54) is 10.4 Å². The first kappa shape index (κ1) is 29.3. The Morgan fingerprint density at radius 3 is 2.15 bits per heavy atom. The number of benzene rings is 2. The number of methoxy groups -OCH3 is 1. The summed E-state index contributed by atoms with van der Waals surface area (Å²) in [6.45, 7) is 9.75. The van der Waals surface area contributed by atoms with Gasteiger partial charge in [-0.1, -0.05) is 81.4 Å². The van der Waals surface area contributed by atoms with E-state index in [2.05, 4.69) is 88.4 Å². The Morgan fingerprint density at radius 2 is 1.62 bits per heavy atom. The van der Waals surface area contributed by atoms with Gasteiger partial charge in [0.25, 0.3) is 8.32 Å². The molecule has 7 nitrogen and oxygen atoms in total. The van der Waals surface area contributed by atoms with E-state index in [-0.39, 0.29) is 30.1 Å². The summed E-state index contributed by atoms with van der Waals surface area (Å²) in [4.78, 5) is 12.1. The Hall–Kier alpha value is -2.23. The second kappa shape index (κ2) is 11.6. The van der Waals surface area contributed by atoms with Crippen molar-refractivity contribution in [3.63, 3.8) is 0 Å². The molecule has 3 saturated heterocycles. The van der Waals surface area contributed by atoms with Gasteiger partial charge in [0.2, 0.25) is 0 Å². The molecule has 5 atom stereocenters. The summed E-state index contributed by atoms with van der Waals surface area (Å²) in [6.07, 6.45) is 3.33. The molecule has 0 saturated carbocycles. The van der Waals surface area contributed by atoms with Crippen LogP contribution in [-0.2, 0) is 28.1 Å². The van der Waals surface area contributed by atoms with Gasteiger partial charge in [0.05, 0.1) is 11.7 Å². The molecular formula is C32H44O7Si. The van der Waals surface area contributed by atoms with E-state index in [1.807, 2.05) is 0 Å². The molecule has 2 aromatic carbocycles. The Bertz CT molecular complexity index is 1100. The quantitative estimate of drug-likeness (QED) is 0.230. The fourth-order valence-electron chi connectivity index (χ4n) is 6.88. The Balaban J connectivity index is 1.34. The molecule has 0 radical (unpaired) electrons. The minimum absolute atomic E-state index is 0.0928.